The van der Waals surface area contributed by atoms with Gasteiger partial charge < -0.3 is 15.0 Å². The molecule has 0 bridgehead atoms. The minimum absolute atomic E-state index is 0.00787. The average molecular weight is 405 g/mol. The summed E-state index contributed by atoms with van der Waals surface area (Å²) in [4.78, 5) is 31.7. The predicted octanol–water partition coefficient (Wildman–Crippen LogP) is 3.94. The van der Waals surface area contributed by atoms with Gasteiger partial charge in [0.15, 0.2) is 0 Å². The number of benzodiazepines with no additional fused rings is 1. The smallest absolute Gasteiger partial charge is 0.407 e. The lowest BCUT2D eigenvalue weighted by Gasteiger charge is -2.33. The van der Waals surface area contributed by atoms with E-state index in [9.17, 15) is 9.59 Å². The molecule has 2 aliphatic rings. The average Bonchev–Trinajstić information content (AvgIpc) is 2.90. The largest absolute Gasteiger partial charge is 0.445 e. The molecule has 1 aliphatic heterocycles. The Morgan fingerprint density at radius 3 is 2.73 bits per heavy atom. The number of alkyl carbamates (subject to hydrolysis) is 1. The molecular formula is C24H27N3O3. The third kappa shape index (κ3) is 4.53. The number of hydrogen-bond donors (Lipinski definition) is 1. The maximum absolute atomic E-state index is 13.1. The maximum Gasteiger partial charge on any atom is 0.407 e. The zero-order valence-corrected chi connectivity index (χ0v) is 17.2. The molecule has 2 aromatic carbocycles. The highest BCUT2D eigenvalue weighted by atomic mass is 16.5. The summed E-state index contributed by atoms with van der Waals surface area (Å²) in [6.45, 7) is 0.247. The van der Waals surface area contributed by atoms with Crippen LogP contribution in [0.3, 0.4) is 0 Å². The van der Waals surface area contributed by atoms with Crippen LogP contribution in [0.15, 0.2) is 59.6 Å². The Kier molecular flexibility index (Phi) is 6.12. The first-order chi connectivity index (χ1) is 14.6. The first kappa shape index (κ1) is 20.1. The van der Waals surface area contributed by atoms with Gasteiger partial charge in [0, 0.05) is 24.9 Å². The molecule has 2 amide bonds. The van der Waals surface area contributed by atoms with Crippen molar-refractivity contribution in [3.63, 3.8) is 0 Å². The summed E-state index contributed by atoms with van der Waals surface area (Å²) in [6, 6.07) is 17.0. The van der Waals surface area contributed by atoms with Crippen LogP contribution in [0.2, 0.25) is 0 Å². The number of anilines is 1. The van der Waals surface area contributed by atoms with Crippen LogP contribution in [0.1, 0.15) is 36.8 Å². The Bertz CT molecular complexity index is 928. The summed E-state index contributed by atoms with van der Waals surface area (Å²) in [5, 5.41) is 2.98. The third-order valence-corrected chi connectivity index (χ3v) is 5.95. The highest BCUT2D eigenvalue weighted by molar-refractivity contribution is 6.04. The predicted molar refractivity (Wildman–Crippen MR) is 117 cm³/mol. The molecule has 3 atom stereocenters. The van der Waals surface area contributed by atoms with Gasteiger partial charge in [-0.2, -0.15) is 0 Å². The van der Waals surface area contributed by atoms with Crippen LogP contribution in [0.5, 0.6) is 0 Å². The Morgan fingerprint density at radius 1 is 1.13 bits per heavy atom. The van der Waals surface area contributed by atoms with E-state index in [4.69, 9.17) is 4.74 Å². The number of benzene rings is 2. The number of nitrogens with one attached hydrogen (secondary N) is 1. The van der Waals surface area contributed by atoms with Gasteiger partial charge in [-0.3, -0.25) is 9.79 Å². The molecule has 3 unspecified atom stereocenters. The van der Waals surface area contributed by atoms with Gasteiger partial charge in [0.1, 0.15) is 12.6 Å². The summed E-state index contributed by atoms with van der Waals surface area (Å²) in [5.41, 5.74) is 2.78. The fourth-order valence-electron chi connectivity index (χ4n) is 4.34. The van der Waals surface area contributed by atoms with Gasteiger partial charge >= 0.3 is 6.09 Å². The third-order valence-electron chi connectivity index (χ3n) is 5.95. The molecule has 0 radical (unpaired) electrons. The fraction of sp³-hybridized carbons (Fsp3) is 0.375. The second-order valence-electron chi connectivity index (χ2n) is 8.01. The molecule has 0 saturated heterocycles. The molecule has 0 spiro atoms. The van der Waals surface area contributed by atoms with E-state index >= 15 is 0 Å². The van der Waals surface area contributed by atoms with Crippen molar-refractivity contribution in [3.05, 3.63) is 65.7 Å². The van der Waals surface area contributed by atoms with Gasteiger partial charge in [-0.15, -0.1) is 0 Å². The van der Waals surface area contributed by atoms with Gasteiger partial charge in [0.2, 0.25) is 0 Å². The number of likely N-dealkylation sites (N-methyl/N-ethyl adjacent to an activating group) is 1. The van der Waals surface area contributed by atoms with Gasteiger partial charge in [0.05, 0.1) is 5.69 Å². The van der Waals surface area contributed by atoms with Crippen molar-refractivity contribution in [3.8, 4) is 0 Å². The summed E-state index contributed by atoms with van der Waals surface area (Å²) < 4.78 is 5.36. The van der Waals surface area contributed by atoms with Gasteiger partial charge in [-0.05, 0) is 36.8 Å². The van der Waals surface area contributed by atoms with Crippen molar-refractivity contribution < 1.29 is 14.3 Å². The number of rotatable bonds is 4. The highest BCUT2D eigenvalue weighted by Gasteiger charge is 2.36. The fourth-order valence-corrected chi connectivity index (χ4v) is 4.34. The standard InChI is InChI=1S/C24H27N3O3/c1-27-21-13-6-5-10-19(21)15-25-22(23(27)28)18-11-7-12-20(14-18)26-24(29)30-16-17-8-3-2-4-9-17/h2-6,8-10,13,15,18,20,22H,7,11-12,14,16H2,1H3,(H,26,29). The molecule has 156 valence electrons. The van der Waals surface area contributed by atoms with Gasteiger partial charge in [-0.1, -0.05) is 55.0 Å². The number of fused-ring (bicyclic) bond motifs is 1. The van der Waals surface area contributed by atoms with E-state index in [1.165, 1.54) is 0 Å². The summed E-state index contributed by atoms with van der Waals surface area (Å²) in [6.07, 6.45) is 4.88. The van der Waals surface area contributed by atoms with Crippen LogP contribution in [0.4, 0.5) is 10.5 Å². The number of ether oxygens (including phenoxy) is 1. The molecule has 1 fully saturated rings. The van der Waals surface area contributed by atoms with Gasteiger partial charge in [0.25, 0.3) is 5.91 Å². The quantitative estimate of drug-likeness (QED) is 0.838. The monoisotopic (exact) mass is 405 g/mol. The molecule has 1 N–H and O–H groups in total. The van der Waals surface area contributed by atoms with Gasteiger partial charge in [-0.25, -0.2) is 4.79 Å². The zero-order chi connectivity index (χ0) is 20.9. The number of hydrogen-bond acceptors (Lipinski definition) is 4. The van der Waals surface area contributed by atoms with E-state index < -0.39 is 12.1 Å². The van der Waals surface area contributed by atoms with Crippen LogP contribution in [-0.4, -0.2) is 37.3 Å². The van der Waals surface area contributed by atoms with Crippen molar-refractivity contribution in [2.24, 2.45) is 10.9 Å². The minimum atomic E-state index is -0.424. The summed E-state index contributed by atoms with van der Waals surface area (Å²) >= 11 is 0. The SMILES string of the molecule is CN1C(=O)C(C2CCCC(NC(=O)OCc3ccccc3)C2)N=Cc2ccccc21. The van der Waals surface area contributed by atoms with Crippen LogP contribution >= 0.6 is 0 Å². The number of carbonyl (C=O) groups excluding carboxylic acids is 2. The molecule has 1 saturated carbocycles. The summed E-state index contributed by atoms with van der Waals surface area (Å²) in [5.74, 6) is 0.104. The molecule has 0 aromatic heterocycles. The minimum Gasteiger partial charge on any atom is -0.445 e. The molecule has 2 aromatic rings. The first-order valence-corrected chi connectivity index (χ1v) is 10.5. The topological polar surface area (TPSA) is 71.0 Å². The van der Waals surface area contributed by atoms with Crippen molar-refractivity contribution >= 4 is 23.9 Å². The normalized spacial score (nSPS) is 23.4. The molecule has 1 aliphatic carbocycles. The van der Waals surface area contributed by atoms with Crippen molar-refractivity contribution in [2.75, 3.05) is 11.9 Å². The molecule has 30 heavy (non-hydrogen) atoms. The van der Waals surface area contributed by atoms with Crippen molar-refractivity contribution in [1.29, 1.82) is 0 Å². The van der Waals surface area contributed by atoms with E-state index in [-0.39, 0.29) is 24.5 Å². The zero-order valence-electron chi connectivity index (χ0n) is 17.2. The van der Waals surface area contributed by atoms with Crippen LogP contribution in [0.25, 0.3) is 0 Å². The lowest BCUT2D eigenvalue weighted by molar-refractivity contribution is -0.120. The lowest BCUT2D eigenvalue weighted by atomic mass is 9.81. The number of amides is 2. The highest BCUT2D eigenvalue weighted by Crippen LogP contribution is 2.32. The lowest BCUT2D eigenvalue weighted by Crippen LogP contribution is -2.45. The maximum atomic E-state index is 13.1. The second-order valence-corrected chi connectivity index (χ2v) is 8.01. The van der Waals surface area contributed by atoms with Crippen LogP contribution in [0, 0.1) is 5.92 Å². The second kappa shape index (κ2) is 9.11. The van der Waals surface area contributed by atoms with Crippen LogP contribution in [-0.2, 0) is 16.1 Å². The molecule has 1 heterocycles. The van der Waals surface area contributed by atoms with E-state index in [2.05, 4.69) is 10.3 Å². The van der Waals surface area contributed by atoms with E-state index in [0.29, 0.717) is 0 Å². The van der Waals surface area contributed by atoms with E-state index in [1.807, 2.05) is 67.9 Å². The van der Waals surface area contributed by atoms with E-state index in [0.717, 1.165) is 42.5 Å². The Labute approximate surface area is 176 Å². The van der Waals surface area contributed by atoms with Crippen molar-refractivity contribution in [1.82, 2.24) is 5.32 Å². The van der Waals surface area contributed by atoms with Crippen molar-refractivity contribution in [2.45, 2.75) is 44.4 Å². The molecule has 6 heteroatoms. The number of para-hydroxylation sites is 1. The van der Waals surface area contributed by atoms with Crippen LogP contribution < -0.4 is 10.2 Å². The Balaban J connectivity index is 1.37. The number of nitrogens with zero attached hydrogens (tertiary/aromatic N) is 2. The number of carbonyl (C=O) groups is 2. The summed E-state index contributed by atoms with van der Waals surface area (Å²) in [7, 11) is 1.81. The Hall–Kier alpha value is -3.15. The Morgan fingerprint density at radius 2 is 1.90 bits per heavy atom. The molecular weight excluding hydrogens is 378 g/mol. The molecule has 6 nitrogen and oxygen atoms in total. The first-order valence-electron chi connectivity index (χ1n) is 10.5. The number of aliphatic imine (C=N–C) groups is 1. The van der Waals surface area contributed by atoms with E-state index in [1.54, 1.807) is 4.90 Å². The molecule has 4 rings (SSSR count).